The number of nitrogens with two attached hydrogens (primary N) is 2. The normalized spacial score (nSPS) is 14.3. The molecular formula is C9H11N3O. The van der Waals surface area contributed by atoms with Gasteiger partial charge in [-0.2, -0.15) is 0 Å². The largest absolute Gasteiger partial charge is 0.399 e. The molecule has 0 aromatic heterocycles. The van der Waals surface area contributed by atoms with E-state index in [1.54, 1.807) is 11.0 Å². The Bertz CT molecular complexity index is 362. The number of rotatable bonds is 0. The summed E-state index contributed by atoms with van der Waals surface area (Å²) in [5.74, 6) is 0. The predicted octanol–water partition coefficient (Wildman–Crippen LogP) is 0.710. The van der Waals surface area contributed by atoms with Crippen LogP contribution in [-0.4, -0.2) is 12.6 Å². The Morgan fingerprint density at radius 1 is 1.46 bits per heavy atom. The summed E-state index contributed by atoms with van der Waals surface area (Å²) in [5.41, 5.74) is 13.5. The van der Waals surface area contributed by atoms with Crippen LogP contribution in [0.1, 0.15) is 5.56 Å². The van der Waals surface area contributed by atoms with Gasteiger partial charge in [-0.15, -0.1) is 0 Å². The quantitative estimate of drug-likeness (QED) is 0.573. The van der Waals surface area contributed by atoms with E-state index in [9.17, 15) is 4.79 Å². The van der Waals surface area contributed by atoms with Crippen LogP contribution in [0.2, 0.25) is 0 Å². The van der Waals surface area contributed by atoms with Crippen molar-refractivity contribution < 1.29 is 4.79 Å². The minimum atomic E-state index is -0.400. The van der Waals surface area contributed by atoms with E-state index in [2.05, 4.69) is 0 Å². The smallest absolute Gasteiger partial charge is 0.319 e. The fraction of sp³-hybridized carbons (Fsp3) is 0.222. The predicted molar refractivity (Wildman–Crippen MR) is 51.5 cm³/mol. The number of primary amides is 1. The summed E-state index contributed by atoms with van der Waals surface area (Å²) in [6, 6.07) is 5.10. The summed E-state index contributed by atoms with van der Waals surface area (Å²) in [4.78, 5) is 12.5. The van der Waals surface area contributed by atoms with Crippen molar-refractivity contribution in [2.24, 2.45) is 5.73 Å². The molecular weight excluding hydrogens is 166 g/mol. The molecule has 1 aliphatic heterocycles. The van der Waals surface area contributed by atoms with Crippen molar-refractivity contribution >= 4 is 17.4 Å². The second-order valence-electron chi connectivity index (χ2n) is 3.13. The van der Waals surface area contributed by atoms with Gasteiger partial charge in [0, 0.05) is 17.9 Å². The van der Waals surface area contributed by atoms with Crippen LogP contribution in [0.5, 0.6) is 0 Å². The van der Waals surface area contributed by atoms with Gasteiger partial charge in [-0.1, -0.05) is 0 Å². The first kappa shape index (κ1) is 7.91. The second kappa shape index (κ2) is 2.65. The first-order valence-corrected chi connectivity index (χ1v) is 4.14. The van der Waals surface area contributed by atoms with E-state index in [0.717, 1.165) is 23.4 Å². The third kappa shape index (κ3) is 1.20. The third-order valence-electron chi connectivity index (χ3n) is 2.27. The summed E-state index contributed by atoms with van der Waals surface area (Å²) in [7, 11) is 0. The standard InChI is InChI=1S/C9H11N3O/c10-7-1-2-8-6(5-7)3-4-12(8)9(11)13/h1-2,5H,3-4,10H2,(H2,11,13). The molecule has 68 valence electrons. The van der Waals surface area contributed by atoms with Gasteiger partial charge in [0.15, 0.2) is 0 Å². The zero-order valence-electron chi connectivity index (χ0n) is 7.16. The SMILES string of the molecule is NC(=O)N1CCc2cc(N)ccc21. The lowest BCUT2D eigenvalue weighted by molar-refractivity contribution is 0.254. The van der Waals surface area contributed by atoms with Crippen LogP contribution in [0.3, 0.4) is 0 Å². The molecule has 2 amide bonds. The van der Waals surface area contributed by atoms with Crippen molar-refractivity contribution in [2.75, 3.05) is 17.2 Å². The summed E-state index contributed by atoms with van der Waals surface area (Å²) < 4.78 is 0. The molecule has 13 heavy (non-hydrogen) atoms. The molecule has 1 heterocycles. The molecule has 1 aromatic rings. The molecule has 0 unspecified atom stereocenters. The maximum absolute atomic E-state index is 11.0. The number of amides is 2. The van der Waals surface area contributed by atoms with E-state index in [1.165, 1.54) is 0 Å². The highest BCUT2D eigenvalue weighted by Gasteiger charge is 2.22. The van der Waals surface area contributed by atoms with E-state index in [4.69, 9.17) is 11.5 Å². The van der Waals surface area contributed by atoms with Gasteiger partial charge < -0.3 is 11.5 Å². The van der Waals surface area contributed by atoms with Gasteiger partial charge in [0.1, 0.15) is 0 Å². The lowest BCUT2D eigenvalue weighted by Gasteiger charge is -2.13. The molecule has 0 aliphatic carbocycles. The fourth-order valence-corrected chi connectivity index (χ4v) is 1.65. The monoisotopic (exact) mass is 177 g/mol. The number of hydrogen-bond acceptors (Lipinski definition) is 2. The van der Waals surface area contributed by atoms with E-state index in [-0.39, 0.29) is 0 Å². The van der Waals surface area contributed by atoms with E-state index in [1.807, 2.05) is 12.1 Å². The van der Waals surface area contributed by atoms with Crippen LogP contribution in [0.25, 0.3) is 0 Å². The highest BCUT2D eigenvalue weighted by atomic mass is 16.2. The Labute approximate surface area is 76.1 Å². The van der Waals surface area contributed by atoms with Crippen LogP contribution in [0.15, 0.2) is 18.2 Å². The molecule has 0 atom stereocenters. The first-order valence-electron chi connectivity index (χ1n) is 4.14. The zero-order chi connectivity index (χ0) is 9.42. The Morgan fingerprint density at radius 3 is 2.92 bits per heavy atom. The van der Waals surface area contributed by atoms with Crippen molar-refractivity contribution in [3.63, 3.8) is 0 Å². The lowest BCUT2D eigenvalue weighted by Crippen LogP contribution is -2.33. The first-order chi connectivity index (χ1) is 6.18. The average molecular weight is 177 g/mol. The van der Waals surface area contributed by atoms with Crippen LogP contribution in [0.4, 0.5) is 16.2 Å². The molecule has 4 heteroatoms. The number of anilines is 2. The molecule has 0 fully saturated rings. The van der Waals surface area contributed by atoms with Gasteiger partial charge in [0.2, 0.25) is 0 Å². The van der Waals surface area contributed by atoms with E-state index in [0.29, 0.717) is 6.54 Å². The zero-order valence-corrected chi connectivity index (χ0v) is 7.16. The number of nitrogen functional groups attached to an aromatic ring is 1. The Balaban J connectivity index is 2.44. The highest BCUT2D eigenvalue weighted by molar-refractivity contribution is 5.93. The average Bonchev–Trinajstić information content (AvgIpc) is 2.46. The van der Waals surface area contributed by atoms with Gasteiger partial charge in [-0.25, -0.2) is 4.79 Å². The van der Waals surface area contributed by atoms with Crippen LogP contribution in [0, 0.1) is 0 Å². The van der Waals surface area contributed by atoms with Gasteiger partial charge in [-0.3, -0.25) is 4.90 Å². The number of nitrogens with zero attached hydrogens (tertiary/aromatic N) is 1. The van der Waals surface area contributed by atoms with Crippen molar-refractivity contribution in [1.29, 1.82) is 0 Å². The molecule has 0 radical (unpaired) electrons. The maximum atomic E-state index is 11.0. The topological polar surface area (TPSA) is 72.4 Å². The Hall–Kier alpha value is -1.71. The van der Waals surface area contributed by atoms with E-state index >= 15 is 0 Å². The lowest BCUT2D eigenvalue weighted by atomic mass is 10.1. The minimum absolute atomic E-state index is 0.400. The summed E-state index contributed by atoms with van der Waals surface area (Å²) in [6.45, 7) is 0.661. The molecule has 4 N–H and O–H groups in total. The minimum Gasteiger partial charge on any atom is -0.399 e. The molecule has 0 bridgehead atoms. The second-order valence-corrected chi connectivity index (χ2v) is 3.13. The third-order valence-corrected chi connectivity index (χ3v) is 2.27. The Kier molecular flexibility index (Phi) is 1.62. The van der Waals surface area contributed by atoms with Crippen LogP contribution >= 0.6 is 0 Å². The molecule has 2 rings (SSSR count). The number of urea groups is 1. The molecule has 4 nitrogen and oxygen atoms in total. The number of carbonyl (C=O) groups is 1. The van der Waals surface area contributed by atoms with E-state index < -0.39 is 6.03 Å². The molecule has 0 spiro atoms. The molecule has 1 aliphatic rings. The molecule has 0 saturated heterocycles. The number of benzene rings is 1. The highest BCUT2D eigenvalue weighted by Crippen LogP contribution is 2.28. The van der Waals surface area contributed by atoms with Gasteiger partial charge in [-0.05, 0) is 30.2 Å². The summed E-state index contributed by atoms with van der Waals surface area (Å²) in [6.07, 6.45) is 0.837. The van der Waals surface area contributed by atoms with Crippen LogP contribution < -0.4 is 16.4 Å². The van der Waals surface area contributed by atoms with Crippen molar-refractivity contribution in [2.45, 2.75) is 6.42 Å². The number of hydrogen-bond donors (Lipinski definition) is 2. The summed E-state index contributed by atoms with van der Waals surface area (Å²) >= 11 is 0. The Morgan fingerprint density at radius 2 is 2.23 bits per heavy atom. The molecule has 1 aromatic carbocycles. The van der Waals surface area contributed by atoms with Crippen molar-refractivity contribution in [3.8, 4) is 0 Å². The van der Waals surface area contributed by atoms with Crippen molar-refractivity contribution in [3.05, 3.63) is 23.8 Å². The van der Waals surface area contributed by atoms with Gasteiger partial charge in [0.05, 0.1) is 0 Å². The van der Waals surface area contributed by atoms with Crippen LogP contribution in [-0.2, 0) is 6.42 Å². The van der Waals surface area contributed by atoms with Gasteiger partial charge in [0.25, 0.3) is 0 Å². The van der Waals surface area contributed by atoms with Crippen molar-refractivity contribution in [1.82, 2.24) is 0 Å². The number of carbonyl (C=O) groups excluding carboxylic acids is 1. The number of fused-ring (bicyclic) bond motifs is 1. The maximum Gasteiger partial charge on any atom is 0.319 e. The van der Waals surface area contributed by atoms with Gasteiger partial charge >= 0.3 is 6.03 Å². The summed E-state index contributed by atoms with van der Waals surface area (Å²) in [5, 5.41) is 0. The fourth-order valence-electron chi connectivity index (χ4n) is 1.65. The molecule has 0 saturated carbocycles.